The van der Waals surface area contributed by atoms with Gasteiger partial charge in [0.25, 0.3) is 0 Å². The Morgan fingerprint density at radius 3 is 2.74 bits per heavy atom. The van der Waals surface area contributed by atoms with E-state index < -0.39 is 0 Å². The van der Waals surface area contributed by atoms with E-state index in [1.165, 1.54) is 19.3 Å². The summed E-state index contributed by atoms with van der Waals surface area (Å²) in [6.45, 7) is 3.39. The van der Waals surface area contributed by atoms with Gasteiger partial charge in [0.2, 0.25) is 0 Å². The van der Waals surface area contributed by atoms with Gasteiger partial charge < -0.3 is 15.4 Å². The van der Waals surface area contributed by atoms with Crippen molar-refractivity contribution in [2.75, 3.05) is 20.2 Å². The topological polar surface area (TPSA) is 45.7 Å². The molecule has 4 nitrogen and oxygen atoms in total. The SMILES string of the molecule is C#CCNC(=NC)NC1CC(OCC)C12CCC2.I. The number of rotatable bonds is 4. The fourth-order valence-corrected chi connectivity index (χ4v) is 3.14. The van der Waals surface area contributed by atoms with Gasteiger partial charge in [-0.2, -0.15) is 0 Å². The lowest BCUT2D eigenvalue weighted by molar-refractivity contribution is -0.168. The van der Waals surface area contributed by atoms with E-state index in [0.717, 1.165) is 19.0 Å². The molecule has 2 aliphatic rings. The van der Waals surface area contributed by atoms with Crippen LogP contribution in [0.5, 0.6) is 0 Å². The number of aliphatic imine (C=N–C) groups is 1. The first kappa shape index (κ1) is 16.6. The average molecular weight is 377 g/mol. The molecule has 2 fully saturated rings. The maximum absolute atomic E-state index is 5.83. The standard InChI is InChI=1S/C14H23N3O.HI/c1-4-9-16-13(15-3)17-11-10-12(18-5-2)14(11)7-6-8-14;/h1,11-12H,5-10H2,2-3H3,(H2,15,16,17);1H. The Labute approximate surface area is 133 Å². The van der Waals surface area contributed by atoms with Crippen molar-refractivity contribution in [2.45, 2.75) is 44.8 Å². The summed E-state index contributed by atoms with van der Waals surface area (Å²) in [7, 11) is 1.78. The Morgan fingerprint density at radius 2 is 2.26 bits per heavy atom. The summed E-state index contributed by atoms with van der Waals surface area (Å²) in [6.07, 6.45) is 10.6. The molecule has 0 aromatic carbocycles. The summed E-state index contributed by atoms with van der Waals surface area (Å²) < 4.78 is 5.83. The third-order valence-corrected chi connectivity index (χ3v) is 4.33. The number of halogens is 1. The minimum Gasteiger partial charge on any atom is -0.378 e. The van der Waals surface area contributed by atoms with Crippen molar-refractivity contribution in [3.8, 4) is 12.3 Å². The van der Waals surface area contributed by atoms with E-state index in [9.17, 15) is 0 Å². The van der Waals surface area contributed by atoms with Crippen LogP contribution in [0.3, 0.4) is 0 Å². The maximum Gasteiger partial charge on any atom is 0.191 e. The number of nitrogens with one attached hydrogen (secondary N) is 2. The van der Waals surface area contributed by atoms with Crippen molar-refractivity contribution in [3.05, 3.63) is 0 Å². The minimum atomic E-state index is 0. The summed E-state index contributed by atoms with van der Waals surface area (Å²) >= 11 is 0. The molecule has 2 atom stereocenters. The van der Waals surface area contributed by atoms with Crippen LogP contribution in [0, 0.1) is 17.8 Å². The van der Waals surface area contributed by atoms with Crippen molar-refractivity contribution in [3.63, 3.8) is 0 Å². The van der Waals surface area contributed by atoms with Crippen LogP contribution in [0.4, 0.5) is 0 Å². The van der Waals surface area contributed by atoms with Gasteiger partial charge in [0.15, 0.2) is 5.96 Å². The molecule has 0 amide bonds. The highest BCUT2D eigenvalue weighted by atomic mass is 127. The van der Waals surface area contributed by atoms with Crippen molar-refractivity contribution in [1.82, 2.24) is 10.6 Å². The van der Waals surface area contributed by atoms with Crippen LogP contribution < -0.4 is 10.6 Å². The Kier molecular flexibility index (Phi) is 6.40. The van der Waals surface area contributed by atoms with Gasteiger partial charge in [-0.05, 0) is 26.2 Å². The molecular weight excluding hydrogens is 353 g/mol. The van der Waals surface area contributed by atoms with Crippen LogP contribution in [0.25, 0.3) is 0 Å². The van der Waals surface area contributed by atoms with E-state index in [1.807, 2.05) is 0 Å². The predicted molar refractivity (Wildman–Crippen MR) is 88.8 cm³/mol. The molecule has 19 heavy (non-hydrogen) atoms. The maximum atomic E-state index is 5.83. The molecule has 2 aliphatic carbocycles. The molecule has 0 saturated heterocycles. The van der Waals surface area contributed by atoms with E-state index in [-0.39, 0.29) is 24.0 Å². The van der Waals surface area contributed by atoms with Crippen molar-refractivity contribution in [2.24, 2.45) is 10.4 Å². The number of terminal acetylenes is 1. The van der Waals surface area contributed by atoms with Crippen LogP contribution in [0.1, 0.15) is 32.6 Å². The monoisotopic (exact) mass is 377 g/mol. The third kappa shape index (κ3) is 3.16. The molecule has 2 saturated carbocycles. The molecule has 108 valence electrons. The zero-order valence-electron chi connectivity index (χ0n) is 11.7. The number of hydrogen-bond donors (Lipinski definition) is 2. The van der Waals surface area contributed by atoms with Gasteiger partial charge >= 0.3 is 0 Å². The highest BCUT2D eigenvalue weighted by Crippen LogP contribution is 2.57. The second kappa shape index (κ2) is 7.34. The average Bonchev–Trinajstić information content (AvgIpc) is 2.29. The zero-order valence-corrected chi connectivity index (χ0v) is 14.1. The predicted octanol–water partition coefficient (Wildman–Crippen LogP) is 1.75. The fraction of sp³-hybridized carbons (Fsp3) is 0.786. The Balaban J connectivity index is 0.00000180. The van der Waals surface area contributed by atoms with Crippen molar-refractivity contribution < 1.29 is 4.74 Å². The quantitative estimate of drug-likeness (QED) is 0.340. The molecule has 0 aliphatic heterocycles. The smallest absolute Gasteiger partial charge is 0.191 e. The van der Waals surface area contributed by atoms with Gasteiger partial charge in [0, 0.05) is 25.1 Å². The first-order valence-electron chi connectivity index (χ1n) is 6.79. The number of guanidine groups is 1. The molecule has 0 bridgehead atoms. The Hall–Kier alpha value is -0.480. The van der Waals surface area contributed by atoms with E-state index in [0.29, 0.717) is 24.1 Å². The second-order valence-electron chi connectivity index (χ2n) is 5.09. The highest BCUT2D eigenvalue weighted by molar-refractivity contribution is 14.0. The fourth-order valence-electron chi connectivity index (χ4n) is 3.14. The van der Waals surface area contributed by atoms with Crippen LogP contribution >= 0.6 is 24.0 Å². The van der Waals surface area contributed by atoms with E-state index in [1.54, 1.807) is 7.05 Å². The number of hydrogen-bond acceptors (Lipinski definition) is 2. The molecule has 0 aromatic heterocycles. The molecule has 1 spiro atoms. The van der Waals surface area contributed by atoms with Crippen LogP contribution in [0.2, 0.25) is 0 Å². The van der Waals surface area contributed by atoms with Gasteiger partial charge in [-0.1, -0.05) is 12.3 Å². The van der Waals surface area contributed by atoms with Gasteiger partial charge in [-0.3, -0.25) is 4.99 Å². The summed E-state index contributed by atoms with van der Waals surface area (Å²) in [5.74, 6) is 3.37. The van der Waals surface area contributed by atoms with E-state index >= 15 is 0 Å². The molecule has 5 heteroatoms. The lowest BCUT2D eigenvalue weighted by Gasteiger charge is -2.61. The molecule has 2 unspecified atom stereocenters. The van der Waals surface area contributed by atoms with Gasteiger partial charge in [0.1, 0.15) is 0 Å². The summed E-state index contributed by atoms with van der Waals surface area (Å²) in [4.78, 5) is 4.20. The molecule has 0 radical (unpaired) electrons. The van der Waals surface area contributed by atoms with E-state index in [4.69, 9.17) is 11.2 Å². The van der Waals surface area contributed by atoms with Crippen LogP contribution in [-0.2, 0) is 4.74 Å². The summed E-state index contributed by atoms with van der Waals surface area (Å²) in [5, 5.41) is 6.60. The Bertz CT molecular complexity index is 360. The first-order chi connectivity index (χ1) is 8.76. The van der Waals surface area contributed by atoms with Crippen molar-refractivity contribution >= 4 is 29.9 Å². The molecule has 2 N–H and O–H groups in total. The third-order valence-electron chi connectivity index (χ3n) is 4.33. The second-order valence-corrected chi connectivity index (χ2v) is 5.09. The summed E-state index contributed by atoms with van der Waals surface area (Å²) in [6, 6.07) is 0.478. The normalized spacial score (nSPS) is 27.5. The van der Waals surface area contributed by atoms with Crippen LogP contribution in [0.15, 0.2) is 4.99 Å². The molecule has 2 rings (SSSR count). The van der Waals surface area contributed by atoms with Crippen LogP contribution in [-0.4, -0.2) is 38.3 Å². The lowest BCUT2D eigenvalue weighted by atomic mass is 9.51. The number of ether oxygens (including phenoxy) is 1. The van der Waals surface area contributed by atoms with Gasteiger partial charge in [-0.25, -0.2) is 0 Å². The first-order valence-corrected chi connectivity index (χ1v) is 6.79. The van der Waals surface area contributed by atoms with E-state index in [2.05, 4.69) is 28.5 Å². The zero-order chi connectivity index (χ0) is 13.0. The van der Waals surface area contributed by atoms with Gasteiger partial charge in [0.05, 0.1) is 12.6 Å². The number of nitrogens with zero attached hydrogens (tertiary/aromatic N) is 1. The summed E-state index contributed by atoms with van der Waals surface area (Å²) in [5.41, 5.74) is 0.351. The lowest BCUT2D eigenvalue weighted by Crippen LogP contribution is -2.68. The largest absolute Gasteiger partial charge is 0.378 e. The highest BCUT2D eigenvalue weighted by Gasteiger charge is 2.59. The molecule has 0 aromatic rings. The minimum absolute atomic E-state index is 0. The van der Waals surface area contributed by atoms with Crippen molar-refractivity contribution in [1.29, 1.82) is 0 Å². The molecule has 0 heterocycles. The van der Waals surface area contributed by atoms with Gasteiger partial charge in [-0.15, -0.1) is 30.4 Å². The Morgan fingerprint density at radius 1 is 1.53 bits per heavy atom. The molecular formula is C14H24IN3O.